The highest BCUT2D eigenvalue weighted by atomic mass is 17.2. The van der Waals surface area contributed by atoms with Crippen molar-refractivity contribution in [2.24, 2.45) is 5.92 Å². The molecule has 0 aromatic carbocycles. The molecule has 0 aromatic heterocycles. The molecule has 0 heterocycles. The van der Waals surface area contributed by atoms with Crippen LogP contribution in [0.15, 0.2) is 0 Å². The molecule has 0 saturated carbocycles. The van der Waals surface area contributed by atoms with Gasteiger partial charge in [0.2, 0.25) is 0 Å². The number of ether oxygens (including phenoxy) is 4. The number of hydrogen-bond acceptors (Lipinski definition) is 6. The van der Waals surface area contributed by atoms with Crippen LogP contribution >= 0.6 is 0 Å². The SMILES string of the molecule is CCCCOC(CCCC(OOC(C)(C)C)OC(C)C)(OCC(C)C)OC(C)CC. The van der Waals surface area contributed by atoms with E-state index in [0.717, 1.165) is 25.7 Å². The lowest BCUT2D eigenvalue weighted by atomic mass is 10.2. The Morgan fingerprint density at radius 2 is 1.53 bits per heavy atom. The number of rotatable bonds is 18. The van der Waals surface area contributed by atoms with Gasteiger partial charge in [-0.3, -0.25) is 0 Å². The summed E-state index contributed by atoms with van der Waals surface area (Å²) < 4.78 is 24.6. The Labute approximate surface area is 186 Å². The average Bonchev–Trinajstić information content (AvgIpc) is 2.63. The van der Waals surface area contributed by atoms with Crippen molar-refractivity contribution in [3.8, 4) is 0 Å². The van der Waals surface area contributed by atoms with Crippen molar-refractivity contribution in [1.29, 1.82) is 0 Å². The molecule has 0 aliphatic rings. The molecule has 0 amide bonds. The summed E-state index contributed by atoms with van der Waals surface area (Å²) in [5.74, 6) is -0.650. The molecule has 0 aromatic rings. The molecule has 0 aliphatic heterocycles. The summed E-state index contributed by atoms with van der Waals surface area (Å²) in [4.78, 5) is 11.1. The Balaban J connectivity index is 5.15. The van der Waals surface area contributed by atoms with Crippen LogP contribution in [0.5, 0.6) is 0 Å². The molecule has 30 heavy (non-hydrogen) atoms. The molecular formula is C24H50O6. The topological polar surface area (TPSA) is 55.4 Å². The third-order valence-electron chi connectivity index (χ3n) is 4.16. The van der Waals surface area contributed by atoms with Gasteiger partial charge in [-0.25, -0.2) is 9.78 Å². The van der Waals surface area contributed by atoms with E-state index in [1.165, 1.54) is 0 Å². The van der Waals surface area contributed by atoms with Crippen molar-refractivity contribution in [2.75, 3.05) is 13.2 Å². The van der Waals surface area contributed by atoms with Gasteiger partial charge < -0.3 is 18.9 Å². The van der Waals surface area contributed by atoms with Gasteiger partial charge in [0.05, 0.1) is 31.0 Å². The van der Waals surface area contributed by atoms with Crippen molar-refractivity contribution in [1.82, 2.24) is 0 Å². The summed E-state index contributed by atoms with van der Waals surface area (Å²) >= 11 is 0. The summed E-state index contributed by atoms with van der Waals surface area (Å²) in [5, 5.41) is 0. The second kappa shape index (κ2) is 15.5. The van der Waals surface area contributed by atoms with E-state index in [2.05, 4.69) is 34.6 Å². The van der Waals surface area contributed by atoms with Crippen LogP contribution in [0.3, 0.4) is 0 Å². The van der Waals surface area contributed by atoms with Crippen molar-refractivity contribution < 1.29 is 28.7 Å². The fraction of sp³-hybridized carbons (Fsp3) is 1.00. The molecule has 0 N–H and O–H groups in total. The molecule has 0 fully saturated rings. The second-order valence-electron chi connectivity index (χ2n) is 9.73. The van der Waals surface area contributed by atoms with E-state index in [9.17, 15) is 0 Å². The molecule has 0 bridgehead atoms. The lowest BCUT2D eigenvalue weighted by Crippen LogP contribution is -2.43. The first-order valence-electron chi connectivity index (χ1n) is 11.9. The van der Waals surface area contributed by atoms with Crippen LogP contribution in [-0.2, 0) is 28.7 Å². The normalized spacial score (nSPS) is 16.8. The van der Waals surface area contributed by atoms with Crippen molar-refractivity contribution in [3.63, 3.8) is 0 Å². The highest BCUT2D eigenvalue weighted by molar-refractivity contribution is 4.65. The quantitative estimate of drug-likeness (QED) is 0.105. The third-order valence-corrected chi connectivity index (χ3v) is 4.16. The van der Waals surface area contributed by atoms with Gasteiger partial charge in [-0.2, -0.15) is 0 Å². The van der Waals surface area contributed by atoms with Gasteiger partial charge in [-0.1, -0.05) is 34.1 Å². The summed E-state index contributed by atoms with van der Waals surface area (Å²) in [5.41, 5.74) is -0.397. The highest BCUT2D eigenvalue weighted by Crippen LogP contribution is 2.28. The van der Waals surface area contributed by atoms with Crippen LogP contribution in [0.1, 0.15) is 108 Å². The predicted octanol–water partition coefficient (Wildman–Crippen LogP) is 6.61. The minimum absolute atomic E-state index is 0.0395. The minimum Gasteiger partial charge on any atom is -0.347 e. The van der Waals surface area contributed by atoms with E-state index in [4.69, 9.17) is 28.7 Å². The molecule has 3 unspecified atom stereocenters. The lowest BCUT2D eigenvalue weighted by molar-refractivity contribution is -0.423. The molecule has 0 aliphatic carbocycles. The smallest absolute Gasteiger partial charge is 0.283 e. The van der Waals surface area contributed by atoms with Crippen LogP contribution in [-0.4, -0.2) is 43.3 Å². The summed E-state index contributed by atoms with van der Waals surface area (Å²) in [6.07, 6.45) is 4.57. The lowest BCUT2D eigenvalue weighted by Gasteiger charge is -2.36. The van der Waals surface area contributed by atoms with E-state index in [-0.39, 0.29) is 12.2 Å². The first-order valence-corrected chi connectivity index (χ1v) is 11.9. The summed E-state index contributed by atoms with van der Waals surface area (Å²) in [7, 11) is 0. The average molecular weight is 435 g/mol. The Hall–Kier alpha value is -0.240. The zero-order valence-corrected chi connectivity index (χ0v) is 21.4. The van der Waals surface area contributed by atoms with Crippen LogP contribution in [0, 0.1) is 5.92 Å². The zero-order chi connectivity index (χ0) is 23.2. The predicted molar refractivity (Wildman–Crippen MR) is 121 cm³/mol. The first-order chi connectivity index (χ1) is 13.9. The monoisotopic (exact) mass is 434 g/mol. The summed E-state index contributed by atoms with van der Waals surface area (Å²) in [6, 6.07) is 0. The molecule has 6 nitrogen and oxygen atoms in total. The van der Waals surface area contributed by atoms with Crippen molar-refractivity contribution >= 4 is 0 Å². The maximum Gasteiger partial charge on any atom is 0.283 e. The van der Waals surface area contributed by atoms with Gasteiger partial charge in [0.1, 0.15) is 0 Å². The minimum atomic E-state index is -1.04. The van der Waals surface area contributed by atoms with E-state index in [1.54, 1.807) is 0 Å². The molecule has 0 rings (SSSR count). The van der Waals surface area contributed by atoms with Crippen molar-refractivity contribution in [3.05, 3.63) is 0 Å². The van der Waals surface area contributed by atoms with Crippen LogP contribution < -0.4 is 0 Å². The molecule has 6 heteroatoms. The fourth-order valence-corrected chi connectivity index (χ4v) is 2.49. The van der Waals surface area contributed by atoms with E-state index < -0.39 is 17.9 Å². The number of unbranched alkanes of at least 4 members (excludes halogenated alkanes) is 1. The molecule has 182 valence electrons. The van der Waals surface area contributed by atoms with Gasteiger partial charge in [0, 0.05) is 12.8 Å². The highest BCUT2D eigenvalue weighted by Gasteiger charge is 2.36. The fourth-order valence-electron chi connectivity index (χ4n) is 2.49. The van der Waals surface area contributed by atoms with E-state index in [1.807, 2.05) is 34.6 Å². The molecule has 0 spiro atoms. The van der Waals surface area contributed by atoms with Crippen molar-refractivity contribution in [2.45, 2.75) is 138 Å². The molecular weight excluding hydrogens is 384 g/mol. The molecule has 3 atom stereocenters. The molecule has 0 saturated heterocycles. The van der Waals surface area contributed by atoms with Crippen LogP contribution in [0.25, 0.3) is 0 Å². The maximum atomic E-state index is 6.30. The van der Waals surface area contributed by atoms with Gasteiger partial charge in [0.15, 0.2) is 6.29 Å². The number of hydrogen-bond donors (Lipinski definition) is 0. The van der Waals surface area contributed by atoms with Crippen LogP contribution in [0.2, 0.25) is 0 Å². The van der Waals surface area contributed by atoms with Crippen LogP contribution in [0.4, 0.5) is 0 Å². The Bertz CT molecular complexity index is 407. The van der Waals surface area contributed by atoms with E-state index >= 15 is 0 Å². The Morgan fingerprint density at radius 3 is 2.03 bits per heavy atom. The van der Waals surface area contributed by atoms with Gasteiger partial charge >= 0.3 is 0 Å². The van der Waals surface area contributed by atoms with E-state index in [0.29, 0.717) is 32.0 Å². The largest absolute Gasteiger partial charge is 0.347 e. The third kappa shape index (κ3) is 15.5. The van der Waals surface area contributed by atoms with Gasteiger partial charge in [0.25, 0.3) is 5.97 Å². The zero-order valence-electron chi connectivity index (χ0n) is 21.4. The first kappa shape index (κ1) is 29.8. The standard InChI is InChI=1S/C24H50O6/c1-11-13-17-25-24(26-18-19(3)4,28-21(7)12-2)16-14-15-22(27-20(5)6)29-30-23(8,9)10/h19-22H,11-18H2,1-10H3. The van der Waals surface area contributed by atoms with Gasteiger partial charge in [-0.05, 0) is 66.7 Å². The maximum absolute atomic E-state index is 6.30. The Morgan fingerprint density at radius 1 is 0.867 bits per heavy atom. The Kier molecular flexibility index (Phi) is 15.4. The second-order valence-corrected chi connectivity index (χ2v) is 9.73. The summed E-state index contributed by atoms with van der Waals surface area (Å²) in [6.45, 7) is 21.6. The molecule has 0 radical (unpaired) electrons. The van der Waals surface area contributed by atoms with Gasteiger partial charge in [-0.15, -0.1) is 0 Å².